The predicted molar refractivity (Wildman–Crippen MR) is 113 cm³/mol. The van der Waals surface area contributed by atoms with Gasteiger partial charge in [-0.2, -0.15) is 0 Å². The second-order valence-corrected chi connectivity index (χ2v) is 7.70. The number of benzene rings is 1. The highest BCUT2D eigenvalue weighted by Gasteiger charge is 2.37. The monoisotopic (exact) mass is 429 g/mol. The Kier molecular flexibility index (Phi) is 7.06. The van der Waals surface area contributed by atoms with Gasteiger partial charge in [0.1, 0.15) is 6.73 Å². The van der Waals surface area contributed by atoms with E-state index in [1.165, 1.54) is 25.3 Å². The fourth-order valence-electron chi connectivity index (χ4n) is 4.20. The Hall–Kier alpha value is -3.20. The molecule has 1 aliphatic carbocycles. The van der Waals surface area contributed by atoms with Crippen LogP contribution in [0.2, 0.25) is 0 Å². The number of rotatable bonds is 7. The number of hydrogen-bond donors (Lipinski definition) is 2. The predicted octanol–water partition coefficient (Wildman–Crippen LogP) is 3.04. The van der Waals surface area contributed by atoms with Crippen LogP contribution in [0.25, 0.3) is 0 Å². The summed E-state index contributed by atoms with van der Waals surface area (Å²) >= 11 is 0. The minimum absolute atomic E-state index is 0.0538. The lowest BCUT2D eigenvalue weighted by Crippen LogP contribution is -2.37. The smallest absolute Gasteiger partial charge is 0.336 e. The molecule has 1 aliphatic heterocycles. The van der Waals surface area contributed by atoms with Gasteiger partial charge in [0.15, 0.2) is 0 Å². The molecule has 0 aromatic heterocycles. The quantitative estimate of drug-likeness (QED) is 0.296. The van der Waals surface area contributed by atoms with Crippen LogP contribution in [-0.2, 0) is 19.1 Å². The van der Waals surface area contributed by atoms with Gasteiger partial charge in [0.2, 0.25) is 0 Å². The highest BCUT2D eigenvalue weighted by Crippen LogP contribution is 2.39. The van der Waals surface area contributed by atoms with Crippen LogP contribution in [0.1, 0.15) is 51.0 Å². The lowest BCUT2D eigenvalue weighted by molar-refractivity contribution is -0.384. The van der Waals surface area contributed by atoms with Crippen molar-refractivity contribution in [3.05, 3.63) is 62.5 Å². The van der Waals surface area contributed by atoms with E-state index in [9.17, 15) is 19.7 Å². The van der Waals surface area contributed by atoms with Gasteiger partial charge in [-0.1, -0.05) is 25.0 Å². The third-order valence-electron chi connectivity index (χ3n) is 5.68. The maximum atomic E-state index is 13.2. The van der Waals surface area contributed by atoms with Crippen molar-refractivity contribution in [1.82, 2.24) is 10.6 Å². The lowest BCUT2D eigenvalue weighted by Gasteiger charge is -2.30. The van der Waals surface area contributed by atoms with Crippen LogP contribution in [-0.4, -0.2) is 36.7 Å². The minimum Gasteiger partial charge on any atom is -0.466 e. The number of dihydropyridines is 1. The molecule has 0 saturated heterocycles. The number of non-ortho nitro benzene ring substituents is 1. The van der Waals surface area contributed by atoms with Gasteiger partial charge in [-0.25, -0.2) is 4.79 Å². The van der Waals surface area contributed by atoms with E-state index in [1.807, 2.05) is 0 Å². The van der Waals surface area contributed by atoms with Crippen molar-refractivity contribution in [2.75, 3.05) is 13.8 Å². The molecule has 9 heteroatoms. The van der Waals surface area contributed by atoms with Crippen LogP contribution in [0.15, 0.2) is 46.8 Å². The lowest BCUT2D eigenvalue weighted by atomic mass is 9.80. The molecule has 1 unspecified atom stereocenters. The van der Waals surface area contributed by atoms with Crippen molar-refractivity contribution >= 4 is 17.6 Å². The number of amides is 1. The van der Waals surface area contributed by atoms with Crippen LogP contribution in [0, 0.1) is 10.1 Å². The van der Waals surface area contributed by atoms with Gasteiger partial charge in [0.25, 0.3) is 11.6 Å². The average molecular weight is 429 g/mol. The number of ether oxygens (including phenoxy) is 2. The number of esters is 1. The zero-order valence-corrected chi connectivity index (χ0v) is 17.9. The van der Waals surface area contributed by atoms with E-state index in [-0.39, 0.29) is 24.1 Å². The highest BCUT2D eigenvalue weighted by atomic mass is 16.6. The van der Waals surface area contributed by atoms with E-state index < -0.39 is 22.7 Å². The molecule has 3 rings (SSSR count). The summed E-state index contributed by atoms with van der Waals surface area (Å²) in [6.45, 7) is 3.49. The number of nitro groups is 1. The Morgan fingerprint density at radius 3 is 2.52 bits per heavy atom. The molecule has 31 heavy (non-hydrogen) atoms. The molecule has 0 spiro atoms. The van der Waals surface area contributed by atoms with Gasteiger partial charge >= 0.3 is 5.97 Å². The topological polar surface area (TPSA) is 120 Å². The summed E-state index contributed by atoms with van der Waals surface area (Å²) in [6, 6.07) is 5.94. The van der Waals surface area contributed by atoms with Gasteiger partial charge in [0.05, 0.1) is 29.6 Å². The summed E-state index contributed by atoms with van der Waals surface area (Å²) < 4.78 is 10.7. The maximum Gasteiger partial charge on any atom is 0.336 e. The Morgan fingerprint density at radius 1 is 1.19 bits per heavy atom. The number of nitrogens with zero attached hydrogens (tertiary/aromatic N) is 1. The van der Waals surface area contributed by atoms with E-state index in [2.05, 4.69) is 10.6 Å². The van der Waals surface area contributed by atoms with Crippen LogP contribution in [0.4, 0.5) is 5.69 Å². The minimum atomic E-state index is -0.819. The summed E-state index contributed by atoms with van der Waals surface area (Å²) in [5.41, 5.74) is 1.94. The number of carbonyl (C=O) groups excluding carboxylic acids is 2. The molecular formula is C22H27N3O6. The third kappa shape index (κ3) is 4.93. The van der Waals surface area contributed by atoms with Crippen molar-refractivity contribution in [3.8, 4) is 0 Å². The van der Waals surface area contributed by atoms with Crippen LogP contribution in [0.3, 0.4) is 0 Å². The first-order chi connectivity index (χ1) is 14.8. The number of hydrogen-bond acceptors (Lipinski definition) is 7. The number of carbonyl (C=O) groups is 2. The molecule has 1 aromatic carbocycles. The number of allylic oxidation sites excluding steroid dienone is 2. The van der Waals surface area contributed by atoms with Crippen molar-refractivity contribution in [1.29, 1.82) is 0 Å². The highest BCUT2D eigenvalue weighted by molar-refractivity contribution is 6.02. The molecule has 0 radical (unpaired) electrons. The molecule has 166 valence electrons. The zero-order chi connectivity index (χ0) is 22.5. The maximum absolute atomic E-state index is 13.2. The molecule has 2 aliphatic rings. The first-order valence-corrected chi connectivity index (χ1v) is 10.2. The van der Waals surface area contributed by atoms with Crippen LogP contribution < -0.4 is 10.6 Å². The van der Waals surface area contributed by atoms with Crippen molar-refractivity contribution in [2.24, 2.45) is 0 Å². The molecule has 1 heterocycles. The SMILES string of the molecule is COC(=O)C1=C(C)NC(C)=C(C(=O)NCOC2CCCC2)C1c1cccc([N+](=O)[O-])c1. The molecule has 1 aromatic rings. The summed E-state index contributed by atoms with van der Waals surface area (Å²) in [6.07, 6.45) is 4.33. The standard InChI is InChI=1S/C22H27N3O6/c1-13-18(21(26)23-12-31-17-9-4-5-10-17)20(19(14(2)24-13)22(27)30-3)15-7-6-8-16(11-15)25(28)29/h6-8,11,17,20,24H,4-5,9-10,12H2,1-3H3,(H,23,26). The fourth-order valence-corrected chi connectivity index (χ4v) is 4.20. The number of nitrogens with one attached hydrogen (secondary N) is 2. The second kappa shape index (κ2) is 9.74. The normalized spacial score (nSPS) is 19.3. The average Bonchev–Trinajstić information content (AvgIpc) is 3.26. The summed E-state index contributed by atoms with van der Waals surface area (Å²) in [7, 11) is 1.26. The Balaban J connectivity index is 1.95. The third-order valence-corrected chi connectivity index (χ3v) is 5.68. The second-order valence-electron chi connectivity index (χ2n) is 7.70. The number of methoxy groups -OCH3 is 1. The van der Waals surface area contributed by atoms with Gasteiger partial charge in [-0.3, -0.25) is 14.9 Å². The van der Waals surface area contributed by atoms with Crippen molar-refractivity contribution in [2.45, 2.75) is 51.6 Å². The Labute approximate surface area is 180 Å². The van der Waals surface area contributed by atoms with E-state index in [4.69, 9.17) is 9.47 Å². The summed E-state index contributed by atoms with van der Waals surface area (Å²) in [5, 5.41) is 17.1. The molecule has 1 amide bonds. The van der Waals surface area contributed by atoms with E-state index in [0.29, 0.717) is 22.5 Å². The molecule has 1 fully saturated rings. The Bertz CT molecular complexity index is 946. The molecule has 1 saturated carbocycles. The molecule has 1 atom stereocenters. The largest absolute Gasteiger partial charge is 0.466 e. The van der Waals surface area contributed by atoms with Gasteiger partial charge in [-0.15, -0.1) is 0 Å². The molecule has 9 nitrogen and oxygen atoms in total. The first kappa shape index (κ1) is 22.5. The first-order valence-electron chi connectivity index (χ1n) is 10.2. The molecule has 0 bridgehead atoms. The van der Waals surface area contributed by atoms with Gasteiger partial charge in [0, 0.05) is 29.1 Å². The van der Waals surface area contributed by atoms with Crippen molar-refractivity contribution in [3.63, 3.8) is 0 Å². The van der Waals surface area contributed by atoms with E-state index in [1.54, 1.807) is 19.9 Å². The van der Waals surface area contributed by atoms with E-state index in [0.717, 1.165) is 25.7 Å². The Morgan fingerprint density at radius 2 is 1.87 bits per heavy atom. The zero-order valence-electron chi connectivity index (χ0n) is 17.9. The van der Waals surface area contributed by atoms with E-state index >= 15 is 0 Å². The number of nitro benzene ring substituents is 1. The molecular weight excluding hydrogens is 402 g/mol. The summed E-state index contributed by atoms with van der Waals surface area (Å²) in [5.74, 6) is -1.84. The summed E-state index contributed by atoms with van der Waals surface area (Å²) in [4.78, 5) is 36.6. The van der Waals surface area contributed by atoms with Crippen molar-refractivity contribution < 1.29 is 24.0 Å². The van der Waals surface area contributed by atoms with Crippen LogP contribution in [0.5, 0.6) is 0 Å². The van der Waals surface area contributed by atoms with Crippen LogP contribution >= 0.6 is 0 Å². The molecule has 2 N–H and O–H groups in total. The fraction of sp³-hybridized carbons (Fsp3) is 0.455. The van der Waals surface area contributed by atoms with Gasteiger partial charge in [-0.05, 0) is 32.3 Å². The van der Waals surface area contributed by atoms with Gasteiger partial charge < -0.3 is 20.1 Å².